The molecule has 0 aromatic rings. The maximum absolute atomic E-state index is 12.8. The largest absolute Gasteiger partial charge is 0.462 e. The molecule has 2 unspecified atom stereocenters. The number of ether oxygens (including phenoxy) is 4. The topological polar surface area (TPSA) is 152 Å². The van der Waals surface area contributed by atoms with Gasteiger partial charge in [-0.15, -0.1) is 0 Å². The van der Waals surface area contributed by atoms with E-state index in [4.69, 9.17) is 18.9 Å². The monoisotopic (exact) mass is 857 g/mol. The summed E-state index contributed by atoms with van der Waals surface area (Å²) in [5.41, 5.74) is 0. The number of unbranched alkanes of at least 4 members (excludes halogenated alkanes) is 33. The Morgan fingerprint density at radius 2 is 0.783 bits per heavy atom. The summed E-state index contributed by atoms with van der Waals surface area (Å²) in [5, 5.41) is 40.2. The van der Waals surface area contributed by atoms with E-state index in [-0.39, 0.29) is 32.0 Å². The highest BCUT2D eigenvalue weighted by atomic mass is 16.7. The smallest absolute Gasteiger partial charge is 0.306 e. The lowest BCUT2D eigenvalue weighted by atomic mass is 9.99. The fraction of sp³-hybridized carbons (Fsp3) is 0.960. The van der Waals surface area contributed by atoms with E-state index in [2.05, 4.69) is 13.8 Å². The van der Waals surface area contributed by atoms with Crippen LogP contribution in [0.1, 0.15) is 251 Å². The number of rotatable bonds is 44. The number of aliphatic hydroxyl groups is 4. The van der Waals surface area contributed by atoms with Gasteiger partial charge in [0.25, 0.3) is 0 Å². The van der Waals surface area contributed by atoms with E-state index in [1.165, 1.54) is 180 Å². The molecule has 10 heteroatoms. The van der Waals surface area contributed by atoms with Gasteiger partial charge in [-0.1, -0.05) is 226 Å². The van der Waals surface area contributed by atoms with Gasteiger partial charge in [0.2, 0.25) is 0 Å². The highest BCUT2D eigenvalue weighted by Crippen LogP contribution is 2.23. The molecule has 1 saturated heterocycles. The maximum atomic E-state index is 12.8. The predicted octanol–water partition coefficient (Wildman–Crippen LogP) is 11.7. The lowest BCUT2D eigenvalue weighted by Crippen LogP contribution is -2.59. The van der Waals surface area contributed by atoms with Crippen LogP contribution in [0.2, 0.25) is 0 Å². The molecule has 0 amide bonds. The van der Waals surface area contributed by atoms with Gasteiger partial charge in [0.05, 0.1) is 13.2 Å². The Balaban J connectivity index is 2.23. The van der Waals surface area contributed by atoms with Crippen LogP contribution < -0.4 is 0 Å². The quantitative estimate of drug-likeness (QED) is 0.0344. The lowest BCUT2D eigenvalue weighted by Gasteiger charge is -2.39. The van der Waals surface area contributed by atoms with Crippen LogP contribution in [0.25, 0.3) is 0 Å². The molecule has 0 radical (unpaired) electrons. The molecule has 0 aromatic carbocycles. The number of esters is 2. The maximum Gasteiger partial charge on any atom is 0.306 e. The molecule has 10 nitrogen and oxygen atoms in total. The normalized spacial score (nSPS) is 19.7. The third-order valence-electron chi connectivity index (χ3n) is 12.2. The second-order valence-corrected chi connectivity index (χ2v) is 18.0. The van der Waals surface area contributed by atoms with Gasteiger partial charge in [-0.3, -0.25) is 9.59 Å². The van der Waals surface area contributed by atoms with Crippen molar-refractivity contribution in [3.8, 4) is 0 Å². The molecule has 60 heavy (non-hydrogen) atoms. The van der Waals surface area contributed by atoms with Gasteiger partial charge in [-0.05, 0) is 12.8 Å². The summed E-state index contributed by atoms with van der Waals surface area (Å²) in [6.45, 7) is 3.48. The van der Waals surface area contributed by atoms with E-state index < -0.39 is 49.4 Å². The molecule has 1 heterocycles. The molecule has 0 aliphatic carbocycles. The average Bonchev–Trinajstić information content (AvgIpc) is 3.25. The number of hydrogen-bond acceptors (Lipinski definition) is 10. The van der Waals surface area contributed by atoms with Crippen molar-refractivity contribution < 1.29 is 49.0 Å². The summed E-state index contributed by atoms with van der Waals surface area (Å²) < 4.78 is 22.2. The first kappa shape index (κ1) is 56.7. The first-order valence-corrected chi connectivity index (χ1v) is 25.6. The molecule has 0 bridgehead atoms. The third-order valence-corrected chi connectivity index (χ3v) is 12.2. The highest BCUT2D eigenvalue weighted by molar-refractivity contribution is 5.70. The first-order valence-electron chi connectivity index (χ1n) is 25.6. The molecule has 0 aromatic heterocycles. The van der Waals surface area contributed by atoms with Crippen LogP contribution in [0.3, 0.4) is 0 Å². The molecule has 1 aliphatic rings. The van der Waals surface area contributed by atoms with Gasteiger partial charge in [0.1, 0.15) is 31.0 Å². The Morgan fingerprint density at radius 3 is 1.13 bits per heavy atom. The van der Waals surface area contributed by atoms with Crippen LogP contribution >= 0.6 is 0 Å². The zero-order valence-corrected chi connectivity index (χ0v) is 39.0. The van der Waals surface area contributed by atoms with Crippen molar-refractivity contribution in [2.24, 2.45) is 0 Å². The highest BCUT2D eigenvalue weighted by Gasteiger charge is 2.44. The Kier molecular flexibility index (Phi) is 39.4. The van der Waals surface area contributed by atoms with Gasteiger partial charge in [0.15, 0.2) is 12.4 Å². The summed E-state index contributed by atoms with van der Waals surface area (Å²) in [6.07, 6.45) is 36.8. The molecule has 0 saturated carbocycles. The van der Waals surface area contributed by atoms with Crippen molar-refractivity contribution in [3.63, 3.8) is 0 Å². The summed E-state index contributed by atoms with van der Waals surface area (Å²) >= 11 is 0. The summed E-state index contributed by atoms with van der Waals surface area (Å²) in [7, 11) is 0. The van der Waals surface area contributed by atoms with Gasteiger partial charge in [-0.2, -0.15) is 0 Å². The third kappa shape index (κ3) is 32.4. The van der Waals surface area contributed by atoms with E-state index in [9.17, 15) is 30.0 Å². The van der Waals surface area contributed by atoms with Crippen molar-refractivity contribution in [1.82, 2.24) is 0 Å². The molecule has 1 fully saturated rings. The average molecular weight is 857 g/mol. The van der Waals surface area contributed by atoms with Crippen molar-refractivity contribution >= 4 is 11.9 Å². The molecule has 0 spiro atoms. The van der Waals surface area contributed by atoms with Gasteiger partial charge < -0.3 is 39.4 Å². The number of carbonyl (C=O) groups is 2. The minimum absolute atomic E-state index is 0.208. The van der Waals surface area contributed by atoms with Gasteiger partial charge in [0, 0.05) is 12.8 Å². The first-order chi connectivity index (χ1) is 29.3. The second-order valence-electron chi connectivity index (χ2n) is 18.0. The summed E-state index contributed by atoms with van der Waals surface area (Å²) in [4.78, 5) is 25.4. The molecule has 1 aliphatic heterocycles. The van der Waals surface area contributed by atoms with Crippen LogP contribution in [0.5, 0.6) is 0 Å². The van der Waals surface area contributed by atoms with Crippen LogP contribution in [0, 0.1) is 0 Å². The van der Waals surface area contributed by atoms with Crippen LogP contribution in [-0.4, -0.2) is 89.0 Å². The molecule has 1 rings (SSSR count). The standard InChI is InChI=1S/C50H96O10/c1-3-5-7-9-11-13-15-17-19-20-21-22-23-25-26-28-30-32-34-36-38-45(52)57-41-43(42-58-50-49(56)48(55)47(54)44(40-51)60-50)59-46(53)39-37-35-33-31-29-27-24-18-16-14-12-10-8-6-4-2/h43-44,47-51,54-56H,3-42H2,1-2H3/t43-,44-,47+,48?,49?,50-/m0/s1. The van der Waals surface area contributed by atoms with E-state index >= 15 is 0 Å². The zero-order chi connectivity index (χ0) is 43.7. The lowest BCUT2D eigenvalue weighted by molar-refractivity contribution is -0.305. The van der Waals surface area contributed by atoms with E-state index in [1.54, 1.807) is 0 Å². The Labute approximate surface area is 368 Å². The van der Waals surface area contributed by atoms with E-state index in [1.807, 2.05) is 0 Å². The fourth-order valence-corrected chi connectivity index (χ4v) is 8.19. The van der Waals surface area contributed by atoms with Crippen molar-refractivity contribution in [2.45, 2.75) is 288 Å². The fourth-order valence-electron chi connectivity index (χ4n) is 8.19. The number of aliphatic hydroxyl groups excluding tert-OH is 4. The van der Waals surface area contributed by atoms with Crippen LogP contribution in [0.15, 0.2) is 0 Å². The Morgan fingerprint density at radius 1 is 0.450 bits per heavy atom. The van der Waals surface area contributed by atoms with Crippen LogP contribution in [-0.2, 0) is 28.5 Å². The van der Waals surface area contributed by atoms with Gasteiger partial charge in [-0.25, -0.2) is 0 Å². The minimum Gasteiger partial charge on any atom is -0.462 e. The SMILES string of the molecule is CCCCCCCCCCCCCCCCCCCCCCC(=O)OC[C@@H](CO[C@H]1O[C@@H](CO)[C@@H](O)C(O)C1O)OC(=O)CCCCCCCCCCCCCCCCC. The summed E-state index contributed by atoms with van der Waals surface area (Å²) in [5.74, 6) is -0.786. The molecule has 6 atom stereocenters. The molecular weight excluding hydrogens is 761 g/mol. The second kappa shape index (κ2) is 41.7. The zero-order valence-electron chi connectivity index (χ0n) is 39.0. The van der Waals surface area contributed by atoms with Crippen LogP contribution in [0.4, 0.5) is 0 Å². The Hall–Kier alpha value is -1.30. The minimum atomic E-state index is -1.59. The summed E-state index contributed by atoms with van der Waals surface area (Å²) in [6, 6.07) is 0. The molecular formula is C50H96O10. The van der Waals surface area contributed by atoms with Crippen molar-refractivity contribution in [2.75, 3.05) is 19.8 Å². The molecule has 4 N–H and O–H groups in total. The predicted molar refractivity (Wildman–Crippen MR) is 243 cm³/mol. The van der Waals surface area contributed by atoms with E-state index in [0.717, 1.165) is 38.5 Å². The number of hydrogen-bond donors (Lipinski definition) is 4. The van der Waals surface area contributed by atoms with Crippen molar-refractivity contribution in [1.29, 1.82) is 0 Å². The van der Waals surface area contributed by atoms with E-state index in [0.29, 0.717) is 6.42 Å². The Bertz CT molecular complexity index is 948. The number of carbonyl (C=O) groups excluding carboxylic acids is 2. The van der Waals surface area contributed by atoms with Gasteiger partial charge >= 0.3 is 11.9 Å². The molecule has 356 valence electrons. The van der Waals surface area contributed by atoms with Crippen molar-refractivity contribution in [3.05, 3.63) is 0 Å².